The van der Waals surface area contributed by atoms with Gasteiger partial charge in [-0.3, -0.25) is 4.90 Å². The molecule has 19 heavy (non-hydrogen) atoms. The highest BCUT2D eigenvalue weighted by molar-refractivity contribution is 4.91. The van der Waals surface area contributed by atoms with Gasteiger partial charge >= 0.3 is 0 Å². The third kappa shape index (κ3) is 4.42. The molecule has 0 saturated carbocycles. The molecule has 0 bridgehead atoms. The second kappa shape index (κ2) is 8.20. The molecule has 1 rings (SSSR count). The second-order valence-corrected chi connectivity index (χ2v) is 5.73. The summed E-state index contributed by atoms with van der Waals surface area (Å²) in [4.78, 5) is 2.51. The molecule has 1 aliphatic rings. The number of ether oxygens (including phenoxy) is 2. The van der Waals surface area contributed by atoms with Crippen molar-refractivity contribution in [2.24, 2.45) is 5.41 Å². The number of hydrogen-bond donors (Lipinski definition) is 1. The van der Waals surface area contributed by atoms with E-state index in [0.29, 0.717) is 5.41 Å². The van der Waals surface area contributed by atoms with Crippen LogP contribution in [-0.2, 0) is 9.47 Å². The third-order valence-electron chi connectivity index (χ3n) is 4.71. The van der Waals surface area contributed by atoms with Gasteiger partial charge in [0, 0.05) is 40.4 Å². The zero-order valence-corrected chi connectivity index (χ0v) is 13.4. The summed E-state index contributed by atoms with van der Waals surface area (Å²) in [5, 5.41) is 3.53. The van der Waals surface area contributed by atoms with E-state index in [9.17, 15) is 0 Å². The highest BCUT2D eigenvalue weighted by Crippen LogP contribution is 2.29. The normalized spacial score (nSPS) is 25.1. The van der Waals surface area contributed by atoms with Crippen LogP contribution in [0.1, 0.15) is 33.6 Å². The van der Waals surface area contributed by atoms with E-state index in [0.717, 1.165) is 32.7 Å². The molecule has 0 aromatic rings. The zero-order valence-electron chi connectivity index (χ0n) is 13.4. The molecule has 0 radical (unpaired) electrons. The van der Waals surface area contributed by atoms with E-state index in [-0.39, 0.29) is 12.2 Å². The van der Waals surface area contributed by atoms with Crippen LogP contribution in [0.2, 0.25) is 0 Å². The van der Waals surface area contributed by atoms with Gasteiger partial charge in [0.2, 0.25) is 0 Å². The van der Waals surface area contributed by atoms with Crippen LogP contribution in [-0.4, -0.2) is 64.1 Å². The quantitative estimate of drug-likeness (QED) is 0.693. The Morgan fingerprint density at radius 2 is 1.58 bits per heavy atom. The first-order valence-electron chi connectivity index (χ1n) is 7.63. The lowest BCUT2D eigenvalue weighted by Gasteiger charge is -2.36. The minimum atomic E-state index is 0.218. The molecule has 0 aromatic heterocycles. The molecule has 1 saturated heterocycles. The Kier molecular flexibility index (Phi) is 7.29. The van der Waals surface area contributed by atoms with Gasteiger partial charge in [-0.15, -0.1) is 0 Å². The first kappa shape index (κ1) is 16.9. The minimum absolute atomic E-state index is 0.218. The average Bonchev–Trinajstić information content (AvgIpc) is 2.85. The monoisotopic (exact) mass is 272 g/mol. The van der Waals surface area contributed by atoms with Gasteiger partial charge < -0.3 is 14.8 Å². The number of nitrogens with zero attached hydrogens (tertiary/aromatic N) is 1. The maximum atomic E-state index is 5.53. The molecule has 2 atom stereocenters. The first-order chi connectivity index (χ1) is 9.14. The van der Waals surface area contributed by atoms with Gasteiger partial charge in [0.15, 0.2) is 0 Å². The van der Waals surface area contributed by atoms with E-state index in [4.69, 9.17) is 9.47 Å². The summed E-state index contributed by atoms with van der Waals surface area (Å²) in [6, 6.07) is 0. The predicted molar refractivity (Wildman–Crippen MR) is 79.6 cm³/mol. The maximum absolute atomic E-state index is 5.53. The number of likely N-dealkylation sites (tertiary alicyclic amines) is 1. The Morgan fingerprint density at radius 1 is 1.05 bits per heavy atom. The topological polar surface area (TPSA) is 33.7 Å². The Hall–Kier alpha value is -0.160. The molecule has 4 nitrogen and oxygen atoms in total. The molecule has 0 aromatic carbocycles. The molecule has 1 heterocycles. The SMILES string of the molecule is CCNCC(CC)(CC)CN1CC(OC)C(OC)C1. The van der Waals surface area contributed by atoms with Crippen molar-refractivity contribution in [3.8, 4) is 0 Å². The second-order valence-electron chi connectivity index (χ2n) is 5.73. The van der Waals surface area contributed by atoms with Crippen molar-refractivity contribution < 1.29 is 9.47 Å². The van der Waals surface area contributed by atoms with Crippen LogP contribution in [0.15, 0.2) is 0 Å². The van der Waals surface area contributed by atoms with E-state index in [2.05, 4.69) is 31.0 Å². The van der Waals surface area contributed by atoms with Crippen molar-refractivity contribution in [3.05, 3.63) is 0 Å². The van der Waals surface area contributed by atoms with Gasteiger partial charge in [-0.2, -0.15) is 0 Å². The van der Waals surface area contributed by atoms with Gasteiger partial charge in [0.25, 0.3) is 0 Å². The molecule has 0 spiro atoms. The summed E-state index contributed by atoms with van der Waals surface area (Å²) < 4.78 is 11.1. The van der Waals surface area contributed by atoms with Crippen LogP contribution >= 0.6 is 0 Å². The molecular weight excluding hydrogens is 240 g/mol. The van der Waals surface area contributed by atoms with Gasteiger partial charge in [0.05, 0.1) is 12.2 Å². The standard InChI is InChI=1S/C15H32N2O2/c1-6-15(7-2,11-16-8-3)12-17-9-13(18-4)14(10-17)19-5/h13-14,16H,6-12H2,1-5H3. The van der Waals surface area contributed by atoms with E-state index < -0.39 is 0 Å². The van der Waals surface area contributed by atoms with Crippen molar-refractivity contribution in [2.75, 3.05) is 46.9 Å². The van der Waals surface area contributed by atoms with E-state index in [1.54, 1.807) is 14.2 Å². The summed E-state index contributed by atoms with van der Waals surface area (Å²) in [7, 11) is 3.57. The summed E-state index contributed by atoms with van der Waals surface area (Å²) in [5.74, 6) is 0. The number of hydrogen-bond acceptors (Lipinski definition) is 4. The van der Waals surface area contributed by atoms with E-state index in [1.165, 1.54) is 12.8 Å². The molecular formula is C15H32N2O2. The largest absolute Gasteiger partial charge is 0.377 e. The Balaban J connectivity index is 2.60. The van der Waals surface area contributed by atoms with Crippen molar-refractivity contribution in [3.63, 3.8) is 0 Å². The molecule has 1 N–H and O–H groups in total. The Morgan fingerprint density at radius 3 is 1.95 bits per heavy atom. The van der Waals surface area contributed by atoms with Crippen LogP contribution in [0.5, 0.6) is 0 Å². The van der Waals surface area contributed by atoms with Gasteiger partial charge in [-0.05, 0) is 24.8 Å². The number of rotatable bonds is 9. The van der Waals surface area contributed by atoms with E-state index >= 15 is 0 Å². The molecule has 0 amide bonds. The molecule has 114 valence electrons. The summed E-state index contributed by atoms with van der Waals surface area (Å²) in [6.45, 7) is 12.0. The van der Waals surface area contributed by atoms with Gasteiger partial charge in [0.1, 0.15) is 0 Å². The van der Waals surface area contributed by atoms with Crippen LogP contribution in [0, 0.1) is 5.41 Å². The lowest BCUT2D eigenvalue weighted by Crippen LogP contribution is -2.43. The highest BCUT2D eigenvalue weighted by Gasteiger charge is 2.37. The Bertz CT molecular complexity index is 232. The van der Waals surface area contributed by atoms with Gasteiger partial charge in [-0.1, -0.05) is 20.8 Å². The predicted octanol–water partition coefficient (Wildman–Crippen LogP) is 1.75. The molecule has 2 unspecified atom stereocenters. The lowest BCUT2D eigenvalue weighted by molar-refractivity contribution is -0.00461. The van der Waals surface area contributed by atoms with Crippen LogP contribution in [0.3, 0.4) is 0 Å². The van der Waals surface area contributed by atoms with Crippen LogP contribution in [0.25, 0.3) is 0 Å². The summed E-state index contributed by atoms with van der Waals surface area (Å²) in [6.07, 6.45) is 2.86. The molecule has 4 heteroatoms. The highest BCUT2D eigenvalue weighted by atomic mass is 16.5. The fourth-order valence-electron chi connectivity index (χ4n) is 3.04. The van der Waals surface area contributed by atoms with E-state index in [1.807, 2.05) is 0 Å². The number of methoxy groups -OCH3 is 2. The molecule has 1 aliphatic heterocycles. The first-order valence-corrected chi connectivity index (χ1v) is 7.63. The lowest BCUT2D eigenvalue weighted by atomic mass is 9.81. The fraction of sp³-hybridized carbons (Fsp3) is 1.00. The summed E-state index contributed by atoms with van der Waals surface area (Å²) >= 11 is 0. The Labute approximate surface area is 118 Å². The van der Waals surface area contributed by atoms with Gasteiger partial charge in [-0.25, -0.2) is 0 Å². The van der Waals surface area contributed by atoms with Crippen molar-refractivity contribution >= 4 is 0 Å². The molecule has 1 fully saturated rings. The smallest absolute Gasteiger partial charge is 0.0971 e. The third-order valence-corrected chi connectivity index (χ3v) is 4.71. The molecule has 0 aliphatic carbocycles. The maximum Gasteiger partial charge on any atom is 0.0971 e. The fourth-order valence-corrected chi connectivity index (χ4v) is 3.04. The zero-order chi connectivity index (χ0) is 14.3. The average molecular weight is 272 g/mol. The van der Waals surface area contributed by atoms with Crippen LogP contribution < -0.4 is 5.32 Å². The summed E-state index contributed by atoms with van der Waals surface area (Å²) in [5.41, 5.74) is 0.372. The van der Waals surface area contributed by atoms with Crippen molar-refractivity contribution in [1.29, 1.82) is 0 Å². The van der Waals surface area contributed by atoms with Crippen LogP contribution in [0.4, 0.5) is 0 Å². The number of nitrogens with one attached hydrogen (secondary N) is 1. The minimum Gasteiger partial charge on any atom is -0.377 e. The van der Waals surface area contributed by atoms with Crippen molar-refractivity contribution in [1.82, 2.24) is 10.2 Å². The van der Waals surface area contributed by atoms with Crippen molar-refractivity contribution in [2.45, 2.75) is 45.8 Å².